The lowest BCUT2D eigenvalue weighted by Gasteiger charge is -2.36. The Morgan fingerprint density at radius 3 is 2.05 bits per heavy atom. The molecule has 0 bridgehead atoms. The van der Waals surface area contributed by atoms with Crippen LogP contribution in [-0.4, -0.2) is 65.9 Å². The van der Waals surface area contributed by atoms with E-state index in [1.165, 1.54) is 61.5 Å². The number of pyridine rings is 1. The van der Waals surface area contributed by atoms with E-state index in [9.17, 15) is 13.2 Å². The van der Waals surface area contributed by atoms with Gasteiger partial charge in [0.15, 0.2) is 0 Å². The highest BCUT2D eigenvalue weighted by Gasteiger charge is 2.35. The van der Waals surface area contributed by atoms with Crippen LogP contribution in [-0.2, 0) is 13.0 Å². The summed E-state index contributed by atoms with van der Waals surface area (Å²) in [5.74, 6) is 8.00. The van der Waals surface area contributed by atoms with E-state index in [0.29, 0.717) is 23.3 Å². The van der Waals surface area contributed by atoms with Crippen molar-refractivity contribution in [3.05, 3.63) is 66.5 Å². The molecule has 320 valence electrons. The third kappa shape index (κ3) is 15.1. The molecule has 2 saturated heterocycles. The number of benzene rings is 1. The second-order valence-corrected chi connectivity index (χ2v) is 17.5. The van der Waals surface area contributed by atoms with Gasteiger partial charge in [0, 0.05) is 73.5 Å². The Labute approximate surface area is 342 Å². The molecule has 6 N–H and O–H groups in total. The third-order valence-corrected chi connectivity index (χ3v) is 10.5. The smallest absolute Gasteiger partial charge is 0.372 e. The molecule has 0 radical (unpaired) electrons. The average Bonchev–Trinajstić information content (AvgIpc) is 3.98. The molecule has 4 heterocycles. The summed E-state index contributed by atoms with van der Waals surface area (Å²) in [5, 5.41) is 0.899. The van der Waals surface area contributed by atoms with Gasteiger partial charge in [-0.1, -0.05) is 58.6 Å². The molecule has 1 saturated carbocycles. The first-order chi connectivity index (χ1) is 27.0. The van der Waals surface area contributed by atoms with Gasteiger partial charge >= 0.3 is 6.18 Å². The van der Waals surface area contributed by atoms with Crippen molar-refractivity contribution >= 4 is 22.3 Å². The van der Waals surface area contributed by atoms with Crippen molar-refractivity contribution in [3.63, 3.8) is 0 Å². The molecule has 6 rings (SSSR count). The minimum absolute atomic E-state index is 0.147. The molecule has 1 atom stereocenters. The molecular formula is C46H75F3N8. The number of hydrogen-bond acceptors (Lipinski definition) is 7. The molecule has 8 nitrogen and oxygen atoms in total. The van der Waals surface area contributed by atoms with Crippen molar-refractivity contribution in [3.8, 4) is 11.3 Å². The van der Waals surface area contributed by atoms with Crippen LogP contribution in [0.5, 0.6) is 0 Å². The van der Waals surface area contributed by atoms with E-state index in [0.717, 1.165) is 86.0 Å². The van der Waals surface area contributed by atoms with E-state index in [2.05, 4.69) is 79.4 Å². The molecule has 1 aromatic carbocycles. The van der Waals surface area contributed by atoms with Crippen molar-refractivity contribution in [1.29, 1.82) is 0 Å². The minimum Gasteiger partial charge on any atom is -0.372 e. The third-order valence-electron chi connectivity index (χ3n) is 10.5. The van der Waals surface area contributed by atoms with Gasteiger partial charge in [-0.15, -0.1) is 13.2 Å². The summed E-state index contributed by atoms with van der Waals surface area (Å²) in [6.45, 7) is 26.4. The first-order valence-corrected chi connectivity index (χ1v) is 21.3. The number of nitrogens with zero attached hydrogens (tertiary/aromatic N) is 5. The van der Waals surface area contributed by atoms with Crippen LogP contribution in [0.3, 0.4) is 0 Å². The van der Waals surface area contributed by atoms with Crippen molar-refractivity contribution in [1.82, 2.24) is 14.5 Å². The zero-order valence-corrected chi connectivity index (χ0v) is 36.4. The first-order valence-electron chi connectivity index (χ1n) is 21.3. The molecule has 3 aromatic rings. The van der Waals surface area contributed by atoms with Gasteiger partial charge in [0.2, 0.25) is 0 Å². The number of piperidine rings is 1. The largest absolute Gasteiger partial charge is 0.406 e. The van der Waals surface area contributed by atoms with E-state index in [-0.39, 0.29) is 5.41 Å². The Balaban J connectivity index is 0.000000538. The van der Waals surface area contributed by atoms with E-state index in [1.807, 2.05) is 45.2 Å². The number of nitrogens with two attached hydrogens (primary N) is 3. The van der Waals surface area contributed by atoms with Gasteiger partial charge in [-0.3, -0.25) is 21.6 Å². The van der Waals surface area contributed by atoms with Gasteiger partial charge in [-0.2, -0.15) is 13.2 Å². The van der Waals surface area contributed by atoms with Crippen LogP contribution in [0.1, 0.15) is 130 Å². The van der Waals surface area contributed by atoms with E-state index in [4.69, 9.17) is 10.7 Å². The van der Waals surface area contributed by atoms with Crippen LogP contribution < -0.4 is 27.2 Å². The zero-order chi connectivity index (χ0) is 42.3. The molecule has 3 aliphatic rings. The van der Waals surface area contributed by atoms with Gasteiger partial charge in [0.1, 0.15) is 6.54 Å². The molecule has 0 amide bonds. The van der Waals surface area contributed by atoms with Crippen LogP contribution in [0.15, 0.2) is 55.3 Å². The predicted octanol–water partition coefficient (Wildman–Crippen LogP) is 10.7. The highest BCUT2D eigenvalue weighted by atomic mass is 19.4. The normalized spacial score (nSPS) is 16.8. The molecular weight excluding hydrogens is 722 g/mol. The van der Waals surface area contributed by atoms with Crippen LogP contribution >= 0.6 is 0 Å². The Hall–Kier alpha value is -3.38. The topological polar surface area (TPSA) is 106 Å². The Kier molecular flexibility index (Phi) is 19.1. The number of aromatic nitrogens is 2. The lowest BCUT2D eigenvalue weighted by Crippen LogP contribution is -2.47. The summed E-state index contributed by atoms with van der Waals surface area (Å²) in [4.78, 5) is 12.1. The van der Waals surface area contributed by atoms with E-state index >= 15 is 0 Å². The number of fused-ring (bicyclic) bond motifs is 1. The van der Waals surface area contributed by atoms with Gasteiger partial charge < -0.3 is 20.1 Å². The predicted molar refractivity (Wildman–Crippen MR) is 238 cm³/mol. The monoisotopic (exact) mass is 797 g/mol. The summed E-state index contributed by atoms with van der Waals surface area (Å²) in [5.41, 5.74) is 13.1. The number of hydrazine groups is 1. The lowest BCUT2D eigenvalue weighted by atomic mass is 9.85. The number of piperazine rings is 1. The number of rotatable bonds is 12. The number of unbranched alkanes of at least 4 members (excludes halogenated alkanes) is 4. The van der Waals surface area contributed by atoms with Gasteiger partial charge in [-0.05, 0) is 107 Å². The van der Waals surface area contributed by atoms with E-state index < -0.39 is 18.8 Å². The van der Waals surface area contributed by atoms with Crippen molar-refractivity contribution in [2.24, 2.45) is 22.8 Å². The second kappa shape index (κ2) is 22.7. The summed E-state index contributed by atoms with van der Waals surface area (Å²) >= 11 is 0. The fourth-order valence-corrected chi connectivity index (χ4v) is 7.81. The number of allylic oxidation sites excluding steroid dienone is 2. The highest BCUT2D eigenvalue weighted by Crippen LogP contribution is 2.43. The first kappa shape index (κ1) is 48.0. The lowest BCUT2D eigenvalue weighted by molar-refractivity contribution is -0.139. The van der Waals surface area contributed by atoms with Crippen LogP contribution in [0, 0.1) is 5.41 Å². The SMILES string of the molecule is C=C(C)C.C=CCCCCCC.CC(N)c1ncc(N2CCN(C3CC3)CC2)cc1-c1c(CC(C)(C)C)c2cc(N3CCCCC3)ccc2n1CC(F)(F)F.NN. The van der Waals surface area contributed by atoms with Crippen LogP contribution in [0.2, 0.25) is 0 Å². The van der Waals surface area contributed by atoms with Gasteiger partial charge in [0.05, 0.1) is 23.3 Å². The standard InChI is InChI=1S/C34H47F3N6.C8H16.C4H8.H4N2/c1-23(38)31-28(19-26(21-39-31)42-16-14-41(15-17-42)24-8-9-24)32-29(20-33(2,3)4)27-18-25(40-12-6-5-7-13-40)10-11-30(27)43(32)22-34(35,36)37;1-3-5-7-8-6-4-2;1-4(2)3;1-2/h10-11,18-19,21,23-24H,5-9,12-17,20,22,38H2,1-4H3;3H,1,4-8H2,2H3;1H2,2-3H3;1-2H2. The Morgan fingerprint density at radius 1 is 0.912 bits per heavy atom. The fraction of sp³-hybridized carbons (Fsp3) is 0.630. The molecule has 11 heteroatoms. The quantitative estimate of drug-likeness (QED) is 0.0725. The van der Waals surface area contributed by atoms with Crippen LogP contribution in [0.25, 0.3) is 22.2 Å². The number of hydrogen-bond donors (Lipinski definition) is 3. The molecule has 2 aliphatic heterocycles. The summed E-state index contributed by atoms with van der Waals surface area (Å²) in [6.07, 6.45) is 12.8. The van der Waals surface area contributed by atoms with Crippen molar-refractivity contribution < 1.29 is 13.2 Å². The zero-order valence-electron chi connectivity index (χ0n) is 36.4. The Morgan fingerprint density at radius 2 is 1.53 bits per heavy atom. The fourth-order valence-electron chi connectivity index (χ4n) is 7.81. The maximum absolute atomic E-state index is 14.3. The van der Waals surface area contributed by atoms with Crippen LogP contribution in [0.4, 0.5) is 24.5 Å². The minimum atomic E-state index is -4.39. The summed E-state index contributed by atoms with van der Waals surface area (Å²) in [6, 6.07) is 8.41. The molecule has 0 spiro atoms. The molecule has 3 fully saturated rings. The summed E-state index contributed by atoms with van der Waals surface area (Å²) < 4.78 is 44.5. The maximum atomic E-state index is 14.3. The summed E-state index contributed by atoms with van der Waals surface area (Å²) in [7, 11) is 0. The maximum Gasteiger partial charge on any atom is 0.406 e. The van der Waals surface area contributed by atoms with Gasteiger partial charge in [-0.25, -0.2) is 0 Å². The number of halogens is 3. The second-order valence-electron chi connectivity index (χ2n) is 17.5. The van der Waals surface area contributed by atoms with Gasteiger partial charge in [0.25, 0.3) is 0 Å². The Bertz CT molecular complexity index is 1670. The highest BCUT2D eigenvalue weighted by molar-refractivity contribution is 5.95. The average molecular weight is 797 g/mol. The van der Waals surface area contributed by atoms with Crippen molar-refractivity contribution in [2.45, 2.75) is 144 Å². The number of alkyl halides is 3. The van der Waals surface area contributed by atoms with Crippen molar-refractivity contribution in [2.75, 3.05) is 49.1 Å². The molecule has 2 aromatic heterocycles. The van der Waals surface area contributed by atoms with E-state index in [1.54, 1.807) is 0 Å². The molecule has 57 heavy (non-hydrogen) atoms. The molecule has 1 aliphatic carbocycles. The molecule has 1 unspecified atom stereocenters. The number of anilines is 2.